The van der Waals surface area contributed by atoms with Crippen LogP contribution in [0.25, 0.3) is 0 Å². The molecule has 0 radical (unpaired) electrons. The number of pyridine rings is 1. The normalized spacial score (nSPS) is 26.4. The van der Waals surface area contributed by atoms with E-state index in [1.807, 2.05) is 24.0 Å². The smallest absolute Gasteiger partial charge is 0.255 e. The number of nitrogens with zero attached hydrogens (tertiary/aromatic N) is 4. The van der Waals surface area contributed by atoms with Crippen molar-refractivity contribution >= 4 is 5.91 Å². The first-order chi connectivity index (χ1) is 11.6. The van der Waals surface area contributed by atoms with Crippen LogP contribution in [-0.4, -0.2) is 45.1 Å². The topological polar surface area (TPSA) is 81.4 Å². The molecule has 7 heteroatoms. The summed E-state index contributed by atoms with van der Waals surface area (Å²) in [5.41, 5.74) is 1.55. The standard InChI is InChI=1S/C17H20N4O3/c1-10-3-4-12(8-18-10)17(22)21-6-5-14-13(9-21)7-15(23-14)16-19-11(2)20-24-16/h3-4,8,13-15H,5-7,9H2,1-2H3/t13-,14-,15+/m1/s1. The molecule has 2 aliphatic rings. The minimum Gasteiger partial charge on any atom is -0.365 e. The van der Waals surface area contributed by atoms with Crippen molar-refractivity contribution in [3.05, 3.63) is 41.3 Å². The first-order valence-electron chi connectivity index (χ1n) is 8.28. The van der Waals surface area contributed by atoms with Crippen molar-refractivity contribution < 1.29 is 14.1 Å². The lowest BCUT2D eigenvalue weighted by atomic mass is 9.92. The van der Waals surface area contributed by atoms with Gasteiger partial charge in [0.2, 0.25) is 0 Å². The molecule has 2 aromatic rings. The zero-order chi connectivity index (χ0) is 16.7. The highest BCUT2D eigenvalue weighted by atomic mass is 16.5. The molecule has 2 fully saturated rings. The number of carbonyl (C=O) groups excluding carboxylic acids is 1. The maximum Gasteiger partial charge on any atom is 0.255 e. The zero-order valence-electron chi connectivity index (χ0n) is 13.8. The first-order valence-corrected chi connectivity index (χ1v) is 8.28. The zero-order valence-corrected chi connectivity index (χ0v) is 13.8. The van der Waals surface area contributed by atoms with Crippen LogP contribution in [0.3, 0.4) is 0 Å². The number of piperidine rings is 1. The Morgan fingerprint density at radius 3 is 2.92 bits per heavy atom. The Morgan fingerprint density at radius 1 is 1.33 bits per heavy atom. The molecule has 4 rings (SSSR count). The van der Waals surface area contributed by atoms with Crippen molar-refractivity contribution in [2.75, 3.05) is 13.1 Å². The number of rotatable bonds is 2. The van der Waals surface area contributed by atoms with E-state index < -0.39 is 0 Å². The average Bonchev–Trinajstić information content (AvgIpc) is 3.20. The molecular weight excluding hydrogens is 308 g/mol. The van der Waals surface area contributed by atoms with Crippen molar-refractivity contribution in [1.29, 1.82) is 0 Å². The number of amides is 1. The molecule has 126 valence electrons. The van der Waals surface area contributed by atoms with Crippen LogP contribution in [-0.2, 0) is 4.74 Å². The highest BCUT2D eigenvalue weighted by Crippen LogP contribution is 2.40. The molecule has 2 aliphatic heterocycles. The van der Waals surface area contributed by atoms with E-state index in [0.29, 0.717) is 36.3 Å². The molecule has 0 unspecified atom stereocenters. The van der Waals surface area contributed by atoms with Gasteiger partial charge in [-0.15, -0.1) is 0 Å². The lowest BCUT2D eigenvalue weighted by Crippen LogP contribution is -2.44. The molecule has 0 N–H and O–H groups in total. The Labute approximate surface area is 140 Å². The van der Waals surface area contributed by atoms with Gasteiger partial charge in [-0.05, 0) is 38.8 Å². The Balaban J connectivity index is 1.44. The second-order valence-electron chi connectivity index (χ2n) is 6.57. The van der Waals surface area contributed by atoms with E-state index in [1.54, 1.807) is 13.1 Å². The summed E-state index contributed by atoms with van der Waals surface area (Å²) in [5.74, 6) is 1.51. The third-order valence-corrected chi connectivity index (χ3v) is 4.78. The maximum absolute atomic E-state index is 12.7. The monoisotopic (exact) mass is 328 g/mol. The number of aryl methyl sites for hydroxylation is 2. The van der Waals surface area contributed by atoms with Gasteiger partial charge in [-0.1, -0.05) is 5.16 Å². The summed E-state index contributed by atoms with van der Waals surface area (Å²) in [4.78, 5) is 23.0. The van der Waals surface area contributed by atoms with Crippen molar-refractivity contribution in [2.24, 2.45) is 5.92 Å². The molecule has 2 aromatic heterocycles. The average molecular weight is 328 g/mol. The number of hydrogen-bond donors (Lipinski definition) is 0. The summed E-state index contributed by atoms with van der Waals surface area (Å²) < 4.78 is 11.3. The summed E-state index contributed by atoms with van der Waals surface area (Å²) in [7, 11) is 0. The van der Waals surface area contributed by atoms with Gasteiger partial charge >= 0.3 is 0 Å². The third-order valence-electron chi connectivity index (χ3n) is 4.78. The summed E-state index contributed by atoms with van der Waals surface area (Å²) in [6.45, 7) is 5.10. The fraction of sp³-hybridized carbons (Fsp3) is 0.529. The Morgan fingerprint density at radius 2 is 2.21 bits per heavy atom. The van der Waals surface area contributed by atoms with Crippen LogP contribution in [0, 0.1) is 19.8 Å². The molecule has 0 saturated carbocycles. The molecule has 4 heterocycles. The highest BCUT2D eigenvalue weighted by Gasteiger charge is 2.42. The van der Waals surface area contributed by atoms with Crippen molar-refractivity contribution in [3.63, 3.8) is 0 Å². The number of fused-ring (bicyclic) bond motifs is 1. The maximum atomic E-state index is 12.7. The van der Waals surface area contributed by atoms with Crippen molar-refractivity contribution in [3.8, 4) is 0 Å². The predicted molar refractivity (Wildman–Crippen MR) is 84.3 cm³/mol. The molecule has 7 nitrogen and oxygen atoms in total. The Bertz CT molecular complexity index is 743. The second-order valence-corrected chi connectivity index (χ2v) is 6.57. The number of aromatic nitrogens is 3. The van der Waals surface area contributed by atoms with Gasteiger partial charge < -0.3 is 14.2 Å². The van der Waals surface area contributed by atoms with E-state index in [9.17, 15) is 4.79 Å². The molecule has 2 saturated heterocycles. The van der Waals surface area contributed by atoms with Gasteiger partial charge in [-0.3, -0.25) is 9.78 Å². The van der Waals surface area contributed by atoms with Crippen molar-refractivity contribution in [2.45, 2.75) is 38.9 Å². The van der Waals surface area contributed by atoms with Crippen LogP contribution in [0.5, 0.6) is 0 Å². The Kier molecular flexibility index (Phi) is 3.80. The van der Waals surface area contributed by atoms with Crippen LogP contribution in [0.4, 0.5) is 0 Å². The fourth-order valence-electron chi connectivity index (χ4n) is 3.52. The first kappa shape index (κ1) is 15.3. The second kappa shape index (κ2) is 5.98. The fourth-order valence-corrected chi connectivity index (χ4v) is 3.52. The summed E-state index contributed by atoms with van der Waals surface area (Å²) in [6, 6.07) is 3.71. The van der Waals surface area contributed by atoms with Gasteiger partial charge in [0.15, 0.2) is 5.82 Å². The number of carbonyl (C=O) groups is 1. The largest absolute Gasteiger partial charge is 0.365 e. The van der Waals surface area contributed by atoms with Gasteiger partial charge in [0, 0.05) is 30.9 Å². The van der Waals surface area contributed by atoms with E-state index in [0.717, 1.165) is 18.5 Å². The summed E-state index contributed by atoms with van der Waals surface area (Å²) >= 11 is 0. The van der Waals surface area contributed by atoms with Crippen LogP contribution < -0.4 is 0 Å². The molecule has 0 aromatic carbocycles. The molecule has 24 heavy (non-hydrogen) atoms. The van der Waals surface area contributed by atoms with Gasteiger partial charge in [-0.25, -0.2) is 0 Å². The minimum absolute atomic E-state index is 0.0398. The number of likely N-dealkylation sites (tertiary alicyclic amines) is 1. The van der Waals surface area contributed by atoms with Crippen LogP contribution in [0.1, 0.15) is 46.7 Å². The van der Waals surface area contributed by atoms with Crippen LogP contribution in [0.15, 0.2) is 22.9 Å². The van der Waals surface area contributed by atoms with E-state index >= 15 is 0 Å². The highest BCUT2D eigenvalue weighted by molar-refractivity contribution is 5.94. The molecular formula is C17H20N4O3. The number of ether oxygens (including phenoxy) is 1. The predicted octanol–water partition coefficient (Wildman–Crippen LogP) is 2.07. The quantitative estimate of drug-likeness (QED) is 0.839. The van der Waals surface area contributed by atoms with Crippen LogP contribution in [0.2, 0.25) is 0 Å². The lowest BCUT2D eigenvalue weighted by Gasteiger charge is -2.34. The van der Waals surface area contributed by atoms with Crippen molar-refractivity contribution in [1.82, 2.24) is 20.0 Å². The van der Waals surface area contributed by atoms with E-state index in [2.05, 4.69) is 15.1 Å². The van der Waals surface area contributed by atoms with Gasteiger partial charge in [0.05, 0.1) is 11.7 Å². The van der Waals surface area contributed by atoms with Gasteiger partial charge in [0.1, 0.15) is 6.10 Å². The van der Waals surface area contributed by atoms with Gasteiger partial charge in [0.25, 0.3) is 11.8 Å². The van der Waals surface area contributed by atoms with E-state index in [1.165, 1.54) is 0 Å². The molecule has 1 amide bonds. The summed E-state index contributed by atoms with van der Waals surface area (Å²) in [5, 5.41) is 3.83. The third kappa shape index (κ3) is 2.80. The number of hydrogen-bond acceptors (Lipinski definition) is 6. The van der Waals surface area contributed by atoms with Crippen LogP contribution >= 0.6 is 0 Å². The molecule has 0 aliphatic carbocycles. The van der Waals surface area contributed by atoms with E-state index in [-0.39, 0.29) is 18.1 Å². The minimum atomic E-state index is -0.155. The Hall–Kier alpha value is -2.28. The lowest BCUT2D eigenvalue weighted by molar-refractivity contribution is -0.00777. The van der Waals surface area contributed by atoms with E-state index in [4.69, 9.17) is 9.26 Å². The molecule has 3 atom stereocenters. The SMILES string of the molecule is Cc1ccc(C(=O)N2CC[C@H]3O[C@H](c4nc(C)no4)C[C@@H]3C2)cn1. The molecule has 0 spiro atoms. The van der Waals surface area contributed by atoms with Gasteiger partial charge in [-0.2, -0.15) is 4.98 Å². The summed E-state index contributed by atoms with van der Waals surface area (Å²) in [6.07, 6.45) is 3.29. The molecule has 0 bridgehead atoms.